The summed E-state index contributed by atoms with van der Waals surface area (Å²) >= 11 is 0. The normalized spacial score (nSPS) is 14.4. The SMILES string of the molecule is CCOc1ccc(NC(=O)c2cc(NC3CCCC3)ccn2)cc1. The third-order valence-corrected chi connectivity index (χ3v) is 4.14. The Morgan fingerprint density at radius 1 is 1.17 bits per heavy atom. The van der Waals surface area contributed by atoms with Gasteiger partial charge in [0.1, 0.15) is 11.4 Å². The lowest BCUT2D eigenvalue weighted by molar-refractivity contribution is 0.102. The molecule has 24 heavy (non-hydrogen) atoms. The molecule has 1 aromatic heterocycles. The Bertz CT molecular complexity index is 679. The van der Waals surface area contributed by atoms with Crippen LogP contribution in [0.1, 0.15) is 43.1 Å². The van der Waals surface area contributed by atoms with Crippen molar-refractivity contribution in [1.29, 1.82) is 0 Å². The fourth-order valence-electron chi connectivity index (χ4n) is 2.95. The molecule has 0 spiro atoms. The summed E-state index contributed by atoms with van der Waals surface area (Å²) in [5.41, 5.74) is 2.08. The molecular formula is C19H23N3O2. The Labute approximate surface area is 142 Å². The van der Waals surface area contributed by atoms with Crippen LogP contribution in [0.2, 0.25) is 0 Å². The maximum atomic E-state index is 12.4. The predicted molar refractivity (Wildman–Crippen MR) is 95.7 cm³/mol. The first kappa shape index (κ1) is 16.3. The van der Waals surface area contributed by atoms with E-state index in [-0.39, 0.29) is 5.91 Å². The summed E-state index contributed by atoms with van der Waals surface area (Å²) in [5, 5.41) is 6.35. The topological polar surface area (TPSA) is 63.2 Å². The van der Waals surface area contributed by atoms with Gasteiger partial charge < -0.3 is 15.4 Å². The molecule has 5 heteroatoms. The van der Waals surface area contributed by atoms with Gasteiger partial charge in [0, 0.05) is 23.6 Å². The average molecular weight is 325 g/mol. The number of carbonyl (C=O) groups excluding carboxylic acids is 1. The molecule has 1 heterocycles. The van der Waals surface area contributed by atoms with Crippen molar-refractivity contribution in [3.8, 4) is 5.75 Å². The first-order chi connectivity index (χ1) is 11.7. The number of carbonyl (C=O) groups is 1. The van der Waals surface area contributed by atoms with E-state index in [4.69, 9.17) is 4.74 Å². The minimum atomic E-state index is -0.214. The third kappa shape index (κ3) is 4.25. The Morgan fingerprint density at radius 2 is 1.92 bits per heavy atom. The van der Waals surface area contributed by atoms with Gasteiger partial charge in [-0.25, -0.2) is 0 Å². The zero-order valence-corrected chi connectivity index (χ0v) is 13.9. The molecule has 126 valence electrons. The minimum absolute atomic E-state index is 0.214. The maximum Gasteiger partial charge on any atom is 0.274 e. The number of ether oxygens (including phenoxy) is 1. The summed E-state index contributed by atoms with van der Waals surface area (Å²) in [7, 11) is 0. The van der Waals surface area contributed by atoms with E-state index >= 15 is 0 Å². The maximum absolute atomic E-state index is 12.4. The summed E-state index contributed by atoms with van der Waals surface area (Å²) in [5.74, 6) is 0.575. The lowest BCUT2D eigenvalue weighted by Gasteiger charge is -2.14. The van der Waals surface area contributed by atoms with Gasteiger partial charge in [0.25, 0.3) is 5.91 Å². The lowest BCUT2D eigenvalue weighted by Crippen LogP contribution is -2.17. The summed E-state index contributed by atoms with van der Waals surface area (Å²) < 4.78 is 5.40. The smallest absolute Gasteiger partial charge is 0.274 e. The quantitative estimate of drug-likeness (QED) is 0.840. The second kappa shape index (κ2) is 7.81. The van der Waals surface area contributed by atoms with E-state index in [9.17, 15) is 4.79 Å². The van der Waals surface area contributed by atoms with Crippen molar-refractivity contribution < 1.29 is 9.53 Å². The number of rotatable bonds is 6. The van der Waals surface area contributed by atoms with Gasteiger partial charge in [0.05, 0.1) is 6.61 Å². The molecule has 1 saturated carbocycles. The number of aromatic nitrogens is 1. The van der Waals surface area contributed by atoms with E-state index in [0.717, 1.165) is 17.1 Å². The molecule has 0 radical (unpaired) electrons. The van der Waals surface area contributed by atoms with Crippen LogP contribution in [0.25, 0.3) is 0 Å². The molecule has 0 atom stereocenters. The monoisotopic (exact) mass is 325 g/mol. The number of pyridine rings is 1. The zero-order valence-electron chi connectivity index (χ0n) is 13.9. The summed E-state index contributed by atoms with van der Waals surface area (Å²) in [4.78, 5) is 16.6. The van der Waals surface area contributed by atoms with Crippen molar-refractivity contribution in [2.75, 3.05) is 17.2 Å². The van der Waals surface area contributed by atoms with E-state index in [0.29, 0.717) is 18.3 Å². The molecule has 2 aromatic rings. The van der Waals surface area contributed by atoms with Crippen LogP contribution in [-0.4, -0.2) is 23.5 Å². The molecule has 1 aliphatic carbocycles. The summed E-state index contributed by atoms with van der Waals surface area (Å²) in [6, 6.07) is 11.5. The van der Waals surface area contributed by atoms with Crippen LogP contribution < -0.4 is 15.4 Å². The molecule has 3 rings (SSSR count). The average Bonchev–Trinajstić information content (AvgIpc) is 3.10. The predicted octanol–water partition coefficient (Wildman–Crippen LogP) is 4.09. The molecule has 0 unspecified atom stereocenters. The number of benzene rings is 1. The molecule has 1 fully saturated rings. The van der Waals surface area contributed by atoms with Crippen molar-refractivity contribution in [2.24, 2.45) is 0 Å². The number of hydrogen-bond donors (Lipinski definition) is 2. The molecule has 0 aliphatic heterocycles. The van der Waals surface area contributed by atoms with Gasteiger partial charge >= 0.3 is 0 Å². The second-order valence-corrected chi connectivity index (χ2v) is 5.97. The van der Waals surface area contributed by atoms with Gasteiger partial charge in [-0.05, 0) is 56.2 Å². The van der Waals surface area contributed by atoms with Gasteiger partial charge in [-0.15, -0.1) is 0 Å². The van der Waals surface area contributed by atoms with Crippen LogP contribution in [-0.2, 0) is 0 Å². The summed E-state index contributed by atoms with van der Waals surface area (Å²) in [6.45, 7) is 2.56. The first-order valence-electron chi connectivity index (χ1n) is 8.51. The molecule has 1 aliphatic rings. The Kier molecular flexibility index (Phi) is 5.31. The molecule has 0 saturated heterocycles. The van der Waals surface area contributed by atoms with E-state index in [1.54, 1.807) is 6.20 Å². The molecule has 5 nitrogen and oxygen atoms in total. The number of nitrogens with one attached hydrogen (secondary N) is 2. The number of nitrogens with zero attached hydrogens (tertiary/aromatic N) is 1. The van der Waals surface area contributed by atoms with Gasteiger partial charge in [-0.1, -0.05) is 12.8 Å². The molecule has 1 amide bonds. The Morgan fingerprint density at radius 3 is 2.62 bits per heavy atom. The fraction of sp³-hybridized carbons (Fsp3) is 0.368. The molecular weight excluding hydrogens is 302 g/mol. The molecule has 2 N–H and O–H groups in total. The van der Waals surface area contributed by atoms with Crippen molar-refractivity contribution in [2.45, 2.75) is 38.6 Å². The largest absolute Gasteiger partial charge is 0.494 e. The van der Waals surface area contributed by atoms with Crippen LogP contribution in [0, 0.1) is 0 Å². The zero-order chi connectivity index (χ0) is 16.8. The van der Waals surface area contributed by atoms with Crippen LogP contribution >= 0.6 is 0 Å². The van der Waals surface area contributed by atoms with Crippen molar-refractivity contribution >= 4 is 17.3 Å². The Balaban J connectivity index is 1.63. The molecule has 0 bridgehead atoms. The van der Waals surface area contributed by atoms with Crippen molar-refractivity contribution in [1.82, 2.24) is 4.98 Å². The molecule has 1 aromatic carbocycles. The van der Waals surface area contributed by atoms with Crippen molar-refractivity contribution in [3.63, 3.8) is 0 Å². The highest BCUT2D eigenvalue weighted by Crippen LogP contribution is 2.22. The standard InChI is InChI=1S/C19H23N3O2/c1-2-24-17-9-7-15(8-10-17)22-19(23)18-13-16(11-12-20-18)21-14-5-3-4-6-14/h7-14H,2-6H2,1H3,(H,20,21)(H,22,23). The minimum Gasteiger partial charge on any atom is -0.494 e. The van der Waals surface area contributed by atoms with Gasteiger partial charge in [0.15, 0.2) is 0 Å². The lowest BCUT2D eigenvalue weighted by atomic mass is 10.2. The summed E-state index contributed by atoms with van der Waals surface area (Å²) in [6.07, 6.45) is 6.60. The number of hydrogen-bond acceptors (Lipinski definition) is 4. The first-order valence-corrected chi connectivity index (χ1v) is 8.51. The highest BCUT2D eigenvalue weighted by Gasteiger charge is 2.15. The third-order valence-electron chi connectivity index (χ3n) is 4.14. The highest BCUT2D eigenvalue weighted by atomic mass is 16.5. The van der Waals surface area contributed by atoms with E-state index in [1.165, 1.54) is 25.7 Å². The van der Waals surface area contributed by atoms with Crippen LogP contribution in [0.4, 0.5) is 11.4 Å². The van der Waals surface area contributed by atoms with Crippen LogP contribution in [0.3, 0.4) is 0 Å². The number of anilines is 2. The van der Waals surface area contributed by atoms with Crippen molar-refractivity contribution in [3.05, 3.63) is 48.3 Å². The fourth-order valence-corrected chi connectivity index (χ4v) is 2.95. The Hall–Kier alpha value is -2.56. The van der Waals surface area contributed by atoms with E-state index < -0.39 is 0 Å². The van der Waals surface area contributed by atoms with Gasteiger partial charge in [-0.2, -0.15) is 0 Å². The van der Waals surface area contributed by atoms with Crippen LogP contribution in [0.5, 0.6) is 5.75 Å². The van der Waals surface area contributed by atoms with E-state index in [1.807, 2.05) is 43.3 Å². The highest BCUT2D eigenvalue weighted by molar-refractivity contribution is 6.03. The number of amides is 1. The van der Waals surface area contributed by atoms with Gasteiger partial charge in [-0.3, -0.25) is 9.78 Å². The van der Waals surface area contributed by atoms with E-state index in [2.05, 4.69) is 15.6 Å². The second-order valence-electron chi connectivity index (χ2n) is 5.97. The van der Waals surface area contributed by atoms with Crippen LogP contribution in [0.15, 0.2) is 42.6 Å². The van der Waals surface area contributed by atoms with Gasteiger partial charge in [0.2, 0.25) is 0 Å².